The summed E-state index contributed by atoms with van der Waals surface area (Å²) in [4.78, 5) is 2.41. The highest BCUT2D eigenvalue weighted by atomic mass is 35.5. The largest absolute Gasteiger partial charge is 0.312 e. The molecule has 0 aliphatic rings. The van der Waals surface area contributed by atoms with E-state index in [2.05, 4.69) is 29.2 Å². The number of hydrogen-bond donors (Lipinski definition) is 1. The molecule has 98 valence electrons. The van der Waals surface area contributed by atoms with Gasteiger partial charge in [0.2, 0.25) is 0 Å². The second-order valence-electron chi connectivity index (χ2n) is 4.16. The van der Waals surface area contributed by atoms with Gasteiger partial charge in [-0.2, -0.15) is 5.10 Å². The molecular weight excluding hydrogens is 236 g/mol. The van der Waals surface area contributed by atoms with Crippen LogP contribution in [0.25, 0.3) is 0 Å². The molecule has 0 saturated carbocycles. The zero-order valence-electron chi connectivity index (χ0n) is 11.2. The Morgan fingerprint density at radius 1 is 1.47 bits per heavy atom. The van der Waals surface area contributed by atoms with Gasteiger partial charge < -0.3 is 10.2 Å². The minimum Gasteiger partial charge on any atom is -0.312 e. The van der Waals surface area contributed by atoms with Crippen molar-refractivity contribution in [2.24, 2.45) is 7.05 Å². The second-order valence-corrected chi connectivity index (χ2v) is 4.57. The maximum absolute atomic E-state index is 6.16. The summed E-state index contributed by atoms with van der Waals surface area (Å²) in [6.45, 7) is 7.63. The Hall–Kier alpha value is -0.580. The predicted molar refractivity (Wildman–Crippen MR) is 72.4 cm³/mol. The van der Waals surface area contributed by atoms with Crippen LogP contribution in [0.1, 0.15) is 32.0 Å². The van der Waals surface area contributed by atoms with Gasteiger partial charge in [0.1, 0.15) is 0 Å². The Bertz CT molecular complexity index is 314. The molecule has 1 atom stereocenters. The topological polar surface area (TPSA) is 33.1 Å². The minimum atomic E-state index is 0.260. The summed E-state index contributed by atoms with van der Waals surface area (Å²) in [6, 6.07) is 0.260. The summed E-state index contributed by atoms with van der Waals surface area (Å²) in [7, 11) is 3.90. The van der Waals surface area contributed by atoms with Crippen molar-refractivity contribution in [2.45, 2.75) is 26.3 Å². The van der Waals surface area contributed by atoms with E-state index in [1.54, 1.807) is 6.20 Å². The summed E-state index contributed by atoms with van der Waals surface area (Å²) in [5, 5.41) is 8.24. The highest BCUT2D eigenvalue weighted by molar-refractivity contribution is 6.31. The van der Waals surface area contributed by atoms with Crippen LogP contribution >= 0.6 is 11.6 Å². The van der Waals surface area contributed by atoms with Crippen LogP contribution in [0.2, 0.25) is 5.02 Å². The summed E-state index contributed by atoms with van der Waals surface area (Å²) in [5.74, 6) is 0. The molecule has 0 amide bonds. The fourth-order valence-corrected chi connectivity index (χ4v) is 2.38. The van der Waals surface area contributed by atoms with E-state index >= 15 is 0 Å². The smallest absolute Gasteiger partial charge is 0.0834 e. The molecule has 0 spiro atoms. The van der Waals surface area contributed by atoms with E-state index in [0.717, 1.165) is 36.8 Å². The Labute approximate surface area is 109 Å². The molecule has 0 fully saturated rings. The average molecular weight is 259 g/mol. The summed E-state index contributed by atoms with van der Waals surface area (Å²) < 4.78 is 1.85. The Balaban J connectivity index is 2.66. The van der Waals surface area contributed by atoms with Gasteiger partial charge in [0.25, 0.3) is 0 Å². The van der Waals surface area contributed by atoms with E-state index in [0.29, 0.717) is 0 Å². The molecule has 0 radical (unpaired) electrons. The molecule has 1 aromatic rings. The van der Waals surface area contributed by atoms with E-state index in [4.69, 9.17) is 11.6 Å². The summed E-state index contributed by atoms with van der Waals surface area (Å²) >= 11 is 6.16. The third kappa shape index (κ3) is 3.69. The fourth-order valence-electron chi connectivity index (χ4n) is 2.08. The van der Waals surface area contributed by atoms with Crippen LogP contribution in [0.5, 0.6) is 0 Å². The first kappa shape index (κ1) is 14.5. The number of rotatable bonds is 7. The van der Waals surface area contributed by atoms with Crippen LogP contribution in [-0.2, 0) is 7.05 Å². The minimum absolute atomic E-state index is 0.260. The molecule has 0 aliphatic heterocycles. The third-order valence-corrected chi connectivity index (χ3v) is 3.54. The van der Waals surface area contributed by atoms with Gasteiger partial charge >= 0.3 is 0 Å². The number of hydrogen-bond acceptors (Lipinski definition) is 3. The van der Waals surface area contributed by atoms with E-state index in [1.807, 2.05) is 18.8 Å². The molecule has 17 heavy (non-hydrogen) atoms. The first-order valence-electron chi connectivity index (χ1n) is 6.21. The molecular formula is C12H23ClN4. The zero-order chi connectivity index (χ0) is 12.8. The number of aromatic nitrogens is 2. The van der Waals surface area contributed by atoms with Gasteiger partial charge in [-0.3, -0.25) is 4.68 Å². The first-order chi connectivity index (χ1) is 8.13. The van der Waals surface area contributed by atoms with Crippen molar-refractivity contribution in [3.63, 3.8) is 0 Å². The second kappa shape index (κ2) is 6.99. The molecule has 0 aliphatic carbocycles. The molecule has 0 bridgehead atoms. The summed E-state index contributed by atoms with van der Waals surface area (Å²) in [5.41, 5.74) is 1.07. The van der Waals surface area contributed by atoms with Crippen molar-refractivity contribution in [1.82, 2.24) is 20.0 Å². The molecule has 1 N–H and O–H groups in total. The SMILES string of the molecule is CCN(CC)CCC(NC)c1c(Cl)cnn1C. The van der Waals surface area contributed by atoms with Gasteiger partial charge in [0, 0.05) is 7.05 Å². The molecule has 4 nitrogen and oxygen atoms in total. The van der Waals surface area contributed by atoms with Crippen molar-refractivity contribution < 1.29 is 0 Å². The van der Waals surface area contributed by atoms with Crippen molar-refractivity contribution in [3.8, 4) is 0 Å². The van der Waals surface area contributed by atoms with Crippen LogP contribution in [0.4, 0.5) is 0 Å². The van der Waals surface area contributed by atoms with Crippen LogP contribution in [-0.4, -0.2) is 41.4 Å². The lowest BCUT2D eigenvalue weighted by atomic mass is 10.1. The molecule has 1 aromatic heterocycles. The van der Waals surface area contributed by atoms with Crippen molar-refractivity contribution in [3.05, 3.63) is 16.9 Å². The number of aryl methyl sites for hydroxylation is 1. The lowest BCUT2D eigenvalue weighted by Crippen LogP contribution is -2.29. The maximum atomic E-state index is 6.16. The van der Waals surface area contributed by atoms with Crippen LogP contribution in [0.15, 0.2) is 6.20 Å². The van der Waals surface area contributed by atoms with Gasteiger partial charge in [-0.15, -0.1) is 0 Å². The standard InChI is InChI=1S/C12H23ClN4/c1-5-17(6-2)8-7-11(14-3)12-10(13)9-15-16(12)4/h9,11,14H,5-8H2,1-4H3. The van der Waals surface area contributed by atoms with E-state index < -0.39 is 0 Å². The highest BCUT2D eigenvalue weighted by Crippen LogP contribution is 2.24. The van der Waals surface area contributed by atoms with Gasteiger partial charge in [-0.25, -0.2) is 0 Å². The average Bonchev–Trinajstić information content (AvgIpc) is 2.66. The van der Waals surface area contributed by atoms with Gasteiger partial charge in [0.15, 0.2) is 0 Å². The number of halogens is 1. The van der Waals surface area contributed by atoms with Crippen LogP contribution in [0, 0.1) is 0 Å². The van der Waals surface area contributed by atoms with Gasteiger partial charge in [-0.05, 0) is 33.1 Å². The molecule has 5 heteroatoms. The Kier molecular flexibility index (Phi) is 5.95. The van der Waals surface area contributed by atoms with Gasteiger partial charge in [0.05, 0.1) is 23.0 Å². The van der Waals surface area contributed by atoms with Crippen molar-refractivity contribution in [1.29, 1.82) is 0 Å². The molecule has 1 rings (SSSR count). The first-order valence-corrected chi connectivity index (χ1v) is 6.58. The number of nitrogens with zero attached hydrogens (tertiary/aromatic N) is 3. The van der Waals surface area contributed by atoms with E-state index in [1.165, 1.54) is 0 Å². The maximum Gasteiger partial charge on any atom is 0.0834 e. The molecule has 0 aromatic carbocycles. The molecule has 1 heterocycles. The van der Waals surface area contributed by atoms with E-state index in [-0.39, 0.29) is 6.04 Å². The van der Waals surface area contributed by atoms with E-state index in [9.17, 15) is 0 Å². The lowest BCUT2D eigenvalue weighted by molar-refractivity contribution is 0.282. The number of nitrogens with one attached hydrogen (secondary N) is 1. The summed E-state index contributed by atoms with van der Waals surface area (Å²) in [6.07, 6.45) is 2.75. The Morgan fingerprint density at radius 2 is 2.12 bits per heavy atom. The highest BCUT2D eigenvalue weighted by Gasteiger charge is 2.17. The van der Waals surface area contributed by atoms with Crippen molar-refractivity contribution >= 4 is 11.6 Å². The zero-order valence-corrected chi connectivity index (χ0v) is 12.0. The van der Waals surface area contributed by atoms with Crippen molar-refractivity contribution in [2.75, 3.05) is 26.7 Å². The molecule has 0 saturated heterocycles. The normalized spacial score (nSPS) is 13.3. The quantitative estimate of drug-likeness (QED) is 0.813. The monoisotopic (exact) mass is 258 g/mol. The van der Waals surface area contributed by atoms with Crippen LogP contribution < -0.4 is 5.32 Å². The van der Waals surface area contributed by atoms with Gasteiger partial charge in [-0.1, -0.05) is 25.4 Å². The third-order valence-electron chi connectivity index (χ3n) is 3.24. The molecule has 1 unspecified atom stereocenters. The predicted octanol–water partition coefficient (Wildman–Crippen LogP) is 2.07. The fraction of sp³-hybridized carbons (Fsp3) is 0.750. The lowest BCUT2D eigenvalue weighted by Gasteiger charge is -2.23. The van der Waals surface area contributed by atoms with Crippen LogP contribution in [0.3, 0.4) is 0 Å². The Morgan fingerprint density at radius 3 is 2.53 bits per heavy atom.